The van der Waals surface area contributed by atoms with Crippen molar-refractivity contribution in [3.05, 3.63) is 11.1 Å². The van der Waals surface area contributed by atoms with Crippen LogP contribution in [0.3, 0.4) is 0 Å². The van der Waals surface area contributed by atoms with Crippen LogP contribution in [0.25, 0.3) is 0 Å². The lowest BCUT2D eigenvalue weighted by molar-refractivity contribution is -0.399. The standard InChI is InChI=1S/C24H44O8/c1-15(13-23(9,10)31-29-21(3,4)5)17(19(25)26)18(20(27)28)16(2)14-24(11,12)32-30-22(6,7)8/h15-16H,13-14H2,1-12H3,(H,25,26)(H,27,28)/b18-17+. The highest BCUT2D eigenvalue weighted by Crippen LogP contribution is 2.34. The van der Waals surface area contributed by atoms with E-state index in [1.54, 1.807) is 41.5 Å². The van der Waals surface area contributed by atoms with E-state index in [1.165, 1.54) is 0 Å². The van der Waals surface area contributed by atoms with E-state index < -0.39 is 46.2 Å². The first-order valence-electron chi connectivity index (χ1n) is 11.0. The highest BCUT2D eigenvalue weighted by atomic mass is 17.2. The molecule has 2 unspecified atom stereocenters. The minimum absolute atomic E-state index is 0.148. The first-order chi connectivity index (χ1) is 14.1. The van der Waals surface area contributed by atoms with Crippen molar-refractivity contribution < 1.29 is 39.4 Å². The summed E-state index contributed by atoms with van der Waals surface area (Å²) in [7, 11) is 0. The molecule has 2 atom stereocenters. The van der Waals surface area contributed by atoms with Crippen LogP contribution >= 0.6 is 0 Å². The summed E-state index contributed by atoms with van der Waals surface area (Å²) >= 11 is 0. The van der Waals surface area contributed by atoms with Crippen molar-refractivity contribution in [2.45, 2.75) is 118 Å². The van der Waals surface area contributed by atoms with E-state index >= 15 is 0 Å². The minimum Gasteiger partial charge on any atom is -0.478 e. The lowest BCUT2D eigenvalue weighted by atomic mass is 9.80. The summed E-state index contributed by atoms with van der Waals surface area (Å²) in [5.41, 5.74) is -3.03. The molecule has 8 nitrogen and oxygen atoms in total. The molecule has 0 aromatic heterocycles. The number of carboxylic acids is 2. The third-order valence-corrected chi connectivity index (χ3v) is 4.37. The van der Waals surface area contributed by atoms with Crippen LogP contribution in [0.4, 0.5) is 0 Å². The van der Waals surface area contributed by atoms with E-state index in [9.17, 15) is 19.8 Å². The molecule has 8 heteroatoms. The maximum atomic E-state index is 12.2. The van der Waals surface area contributed by atoms with Crippen molar-refractivity contribution in [2.75, 3.05) is 0 Å². The van der Waals surface area contributed by atoms with Crippen LogP contribution in [0, 0.1) is 11.8 Å². The normalized spacial score (nSPS) is 16.4. The van der Waals surface area contributed by atoms with Gasteiger partial charge in [-0.1, -0.05) is 13.8 Å². The van der Waals surface area contributed by atoms with Gasteiger partial charge in [-0.3, -0.25) is 0 Å². The summed E-state index contributed by atoms with van der Waals surface area (Å²) in [6, 6.07) is 0. The monoisotopic (exact) mass is 460 g/mol. The van der Waals surface area contributed by atoms with E-state index in [1.807, 2.05) is 41.5 Å². The van der Waals surface area contributed by atoms with Crippen LogP contribution in [0.15, 0.2) is 11.1 Å². The van der Waals surface area contributed by atoms with Gasteiger partial charge in [0.25, 0.3) is 0 Å². The van der Waals surface area contributed by atoms with Crippen molar-refractivity contribution in [1.82, 2.24) is 0 Å². The number of hydrogen-bond acceptors (Lipinski definition) is 6. The van der Waals surface area contributed by atoms with E-state index in [0.29, 0.717) is 0 Å². The van der Waals surface area contributed by atoms with Crippen molar-refractivity contribution in [3.8, 4) is 0 Å². The molecule has 0 aromatic rings. The highest BCUT2D eigenvalue weighted by Gasteiger charge is 2.36. The zero-order chi connectivity index (χ0) is 25.7. The van der Waals surface area contributed by atoms with E-state index in [2.05, 4.69) is 0 Å². The quantitative estimate of drug-likeness (QED) is 0.221. The van der Waals surface area contributed by atoms with Crippen LogP contribution in [-0.2, 0) is 29.1 Å². The fourth-order valence-electron chi connectivity index (χ4n) is 3.41. The second-order valence-electron chi connectivity index (χ2n) is 11.7. The minimum atomic E-state index is -1.26. The summed E-state index contributed by atoms with van der Waals surface area (Å²) in [5, 5.41) is 19.9. The van der Waals surface area contributed by atoms with Gasteiger partial charge in [-0.05, 0) is 93.9 Å². The van der Waals surface area contributed by atoms with Crippen LogP contribution in [-0.4, -0.2) is 44.6 Å². The van der Waals surface area contributed by atoms with Gasteiger partial charge in [0.15, 0.2) is 0 Å². The third kappa shape index (κ3) is 11.9. The SMILES string of the molecule is CC(CC(C)(C)OOC(C)(C)C)/C(C(=O)O)=C(\C(=O)O)C(C)CC(C)(C)OOC(C)(C)C. The van der Waals surface area contributed by atoms with E-state index in [0.717, 1.165) is 0 Å². The smallest absolute Gasteiger partial charge is 0.332 e. The Hall–Kier alpha value is -1.48. The van der Waals surface area contributed by atoms with Gasteiger partial charge in [-0.25, -0.2) is 29.1 Å². The van der Waals surface area contributed by atoms with Crippen LogP contribution < -0.4 is 0 Å². The van der Waals surface area contributed by atoms with Crippen molar-refractivity contribution in [2.24, 2.45) is 11.8 Å². The Labute approximate surface area is 193 Å². The Bertz CT molecular complexity index is 619. The van der Waals surface area contributed by atoms with Gasteiger partial charge >= 0.3 is 11.9 Å². The average molecular weight is 461 g/mol. The Balaban J connectivity index is 5.84. The number of carboxylic acid groups (broad SMARTS) is 2. The van der Waals surface area contributed by atoms with Gasteiger partial charge in [0, 0.05) is 0 Å². The van der Waals surface area contributed by atoms with Gasteiger partial charge < -0.3 is 10.2 Å². The third-order valence-electron chi connectivity index (χ3n) is 4.37. The van der Waals surface area contributed by atoms with Gasteiger partial charge in [0.2, 0.25) is 0 Å². The Kier molecular flexibility index (Phi) is 10.6. The molecule has 0 aliphatic carbocycles. The average Bonchev–Trinajstić information content (AvgIpc) is 2.53. The topological polar surface area (TPSA) is 112 Å². The largest absolute Gasteiger partial charge is 0.478 e. The van der Waals surface area contributed by atoms with Crippen molar-refractivity contribution in [1.29, 1.82) is 0 Å². The molecule has 0 aromatic carbocycles. The molecule has 0 rings (SSSR count). The lowest BCUT2D eigenvalue weighted by Gasteiger charge is -2.33. The Morgan fingerprint density at radius 3 is 1.03 bits per heavy atom. The zero-order valence-electron chi connectivity index (χ0n) is 21.9. The molecule has 32 heavy (non-hydrogen) atoms. The first-order valence-corrected chi connectivity index (χ1v) is 11.0. The summed E-state index contributed by atoms with van der Waals surface area (Å²) < 4.78 is 0. The van der Waals surface area contributed by atoms with Gasteiger partial charge in [-0.2, -0.15) is 0 Å². The highest BCUT2D eigenvalue weighted by molar-refractivity contribution is 5.99. The summed E-state index contributed by atoms with van der Waals surface area (Å²) in [6.45, 7) is 21.5. The molecule has 0 heterocycles. The predicted octanol–water partition coefficient (Wildman–Crippen LogP) is 5.56. The maximum Gasteiger partial charge on any atom is 0.332 e. The number of hydrogen-bond donors (Lipinski definition) is 2. The van der Waals surface area contributed by atoms with Crippen molar-refractivity contribution in [3.63, 3.8) is 0 Å². The van der Waals surface area contributed by atoms with Gasteiger partial charge in [-0.15, -0.1) is 0 Å². The summed E-state index contributed by atoms with van der Waals surface area (Å²) in [4.78, 5) is 46.2. The molecule has 0 aliphatic rings. The molecule has 0 bridgehead atoms. The second-order valence-corrected chi connectivity index (χ2v) is 11.7. The summed E-state index contributed by atoms with van der Waals surface area (Å²) in [6.07, 6.45) is 0.502. The molecule has 0 fully saturated rings. The molecule has 0 spiro atoms. The summed E-state index contributed by atoms with van der Waals surface area (Å²) in [5.74, 6) is -3.73. The molecular weight excluding hydrogens is 416 g/mol. The van der Waals surface area contributed by atoms with E-state index in [-0.39, 0.29) is 24.0 Å². The van der Waals surface area contributed by atoms with Crippen molar-refractivity contribution >= 4 is 11.9 Å². The molecule has 188 valence electrons. The van der Waals surface area contributed by atoms with Gasteiger partial charge in [0.1, 0.15) is 0 Å². The fraction of sp³-hybridized carbons (Fsp3) is 0.833. The van der Waals surface area contributed by atoms with Crippen LogP contribution in [0.5, 0.6) is 0 Å². The maximum absolute atomic E-state index is 12.2. The van der Waals surface area contributed by atoms with Crippen LogP contribution in [0.1, 0.15) is 95.9 Å². The van der Waals surface area contributed by atoms with Gasteiger partial charge in [0.05, 0.1) is 33.6 Å². The predicted molar refractivity (Wildman–Crippen MR) is 122 cm³/mol. The Morgan fingerprint density at radius 2 is 0.844 bits per heavy atom. The van der Waals surface area contributed by atoms with Crippen LogP contribution in [0.2, 0.25) is 0 Å². The number of carbonyl (C=O) groups is 2. The molecule has 0 saturated heterocycles. The molecule has 0 radical (unpaired) electrons. The fourth-order valence-corrected chi connectivity index (χ4v) is 3.41. The molecule has 0 amide bonds. The van der Waals surface area contributed by atoms with E-state index in [4.69, 9.17) is 19.6 Å². The lowest BCUT2D eigenvalue weighted by Crippen LogP contribution is -2.35. The Morgan fingerprint density at radius 1 is 0.594 bits per heavy atom. The molecule has 2 N–H and O–H groups in total. The second kappa shape index (κ2) is 11.1. The number of aliphatic carboxylic acids is 2. The molecule has 0 aliphatic heterocycles. The first kappa shape index (κ1) is 30.5. The molecule has 0 saturated carbocycles. The number of rotatable bonds is 12. The molecular formula is C24H44O8. The zero-order valence-corrected chi connectivity index (χ0v) is 21.9.